The second kappa shape index (κ2) is 8.09. The van der Waals surface area contributed by atoms with Crippen LogP contribution in [0.1, 0.15) is 12.0 Å². The molecule has 1 aliphatic rings. The van der Waals surface area contributed by atoms with E-state index in [0.717, 1.165) is 5.56 Å². The summed E-state index contributed by atoms with van der Waals surface area (Å²) in [5.74, 6) is 1.56. The van der Waals surface area contributed by atoms with E-state index < -0.39 is 6.04 Å². The first-order valence-electron chi connectivity index (χ1n) is 8.62. The van der Waals surface area contributed by atoms with Crippen molar-refractivity contribution in [3.63, 3.8) is 0 Å². The van der Waals surface area contributed by atoms with Crippen LogP contribution >= 0.6 is 0 Å². The number of nitrogens with two attached hydrogens (primary N) is 1. The molecule has 2 aromatic carbocycles. The number of methoxy groups -OCH3 is 3. The summed E-state index contributed by atoms with van der Waals surface area (Å²) in [5, 5.41) is 1.88. The van der Waals surface area contributed by atoms with Crippen LogP contribution in [-0.2, 0) is 16.1 Å². The predicted octanol–water partition coefficient (Wildman–Crippen LogP) is 1.11. The fourth-order valence-electron chi connectivity index (χ4n) is 3.13. The Morgan fingerprint density at radius 2 is 1.67 bits per heavy atom. The van der Waals surface area contributed by atoms with E-state index in [1.54, 1.807) is 45.6 Å². The molecule has 7 nitrogen and oxygen atoms in total. The lowest BCUT2D eigenvalue weighted by Gasteiger charge is -2.15. The Bertz CT molecular complexity index is 835. The van der Waals surface area contributed by atoms with Crippen LogP contribution in [-0.4, -0.2) is 39.2 Å². The number of amides is 2. The fourth-order valence-corrected chi connectivity index (χ4v) is 3.13. The third-order valence-electron chi connectivity index (χ3n) is 4.60. The van der Waals surface area contributed by atoms with Gasteiger partial charge < -0.3 is 19.5 Å². The molecule has 0 aliphatic carbocycles. The van der Waals surface area contributed by atoms with E-state index in [2.05, 4.69) is 0 Å². The monoisotopic (exact) mass is 371 g/mol. The van der Waals surface area contributed by atoms with Gasteiger partial charge in [0.05, 0.1) is 33.4 Å². The van der Waals surface area contributed by atoms with Gasteiger partial charge in [0.2, 0.25) is 5.91 Å². The van der Waals surface area contributed by atoms with E-state index >= 15 is 0 Å². The number of ether oxygens (including phenoxy) is 3. The molecular formula is C20H23N2O5+. The lowest BCUT2D eigenvalue weighted by atomic mass is 10.1. The summed E-state index contributed by atoms with van der Waals surface area (Å²) in [5.41, 5.74) is 1.55. The number of imide groups is 1. The van der Waals surface area contributed by atoms with Gasteiger partial charge in [0.1, 0.15) is 12.3 Å². The highest BCUT2D eigenvalue weighted by Crippen LogP contribution is 2.27. The predicted molar refractivity (Wildman–Crippen MR) is 99.1 cm³/mol. The van der Waals surface area contributed by atoms with Crippen molar-refractivity contribution in [2.45, 2.75) is 19.0 Å². The molecule has 0 radical (unpaired) electrons. The zero-order valence-corrected chi connectivity index (χ0v) is 15.6. The van der Waals surface area contributed by atoms with Gasteiger partial charge in [-0.1, -0.05) is 0 Å². The van der Waals surface area contributed by atoms with Crippen molar-refractivity contribution in [1.82, 2.24) is 0 Å². The standard InChI is InChI=1S/C20H22N2O5/c1-25-15-7-5-14(6-8-15)22-19(23)11-16(20(22)24)21-12-13-4-9-17(26-2)18(10-13)27-3/h4-10,16,21H,11-12H2,1-3H3/p+1/t16-/m1/s1. The van der Waals surface area contributed by atoms with Crippen LogP contribution in [0.4, 0.5) is 5.69 Å². The maximum Gasteiger partial charge on any atom is 0.292 e. The molecule has 1 atom stereocenters. The number of anilines is 1. The minimum absolute atomic E-state index is 0.179. The van der Waals surface area contributed by atoms with Crippen molar-refractivity contribution in [3.8, 4) is 17.2 Å². The van der Waals surface area contributed by atoms with Crippen molar-refractivity contribution < 1.29 is 29.1 Å². The number of carbonyl (C=O) groups is 2. The Hall–Kier alpha value is -3.06. The molecular weight excluding hydrogens is 348 g/mol. The maximum atomic E-state index is 12.7. The molecule has 0 spiro atoms. The SMILES string of the molecule is COc1ccc(N2C(=O)C[C@@H]([NH2+]Cc3ccc(OC)c(OC)c3)C2=O)cc1. The number of nitrogens with zero attached hydrogens (tertiary/aromatic N) is 1. The summed E-state index contributed by atoms with van der Waals surface area (Å²) in [6, 6.07) is 12.1. The Kier molecular flexibility index (Phi) is 5.61. The minimum atomic E-state index is -0.437. The van der Waals surface area contributed by atoms with E-state index in [1.165, 1.54) is 4.90 Å². The summed E-state index contributed by atoms with van der Waals surface area (Å²) in [6.07, 6.45) is 0.179. The van der Waals surface area contributed by atoms with Crippen molar-refractivity contribution in [2.75, 3.05) is 26.2 Å². The van der Waals surface area contributed by atoms with Gasteiger partial charge in [-0.3, -0.25) is 9.59 Å². The van der Waals surface area contributed by atoms with Crippen LogP contribution in [0.5, 0.6) is 17.2 Å². The minimum Gasteiger partial charge on any atom is -0.497 e. The van der Waals surface area contributed by atoms with E-state index in [-0.39, 0.29) is 18.2 Å². The second-order valence-electron chi connectivity index (χ2n) is 6.21. The number of hydrogen-bond donors (Lipinski definition) is 1. The molecule has 0 aromatic heterocycles. The molecule has 1 saturated heterocycles. The first-order valence-corrected chi connectivity index (χ1v) is 8.62. The molecule has 0 bridgehead atoms. The molecule has 1 aliphatic heterocycles. The van der Waals surface area contributed by atoms with E-state index in [9.17, 15) is 9.59 Å². The summed E-state index contributed by atoms with van der Waals surface area (Å²) >= 11 is 0. The smallest absolute Gasteiger partial charge is 0.292 e. The van der Waals surface area contributed by atoms with Crippen LogP contribution < -0.4 is 24.4 Å². The molecule has 2 N–H and O–H groups in total. The summed E-state index contributed by atoms with van der Waals surface area (Å²) in [4.78, 5) is 26.3. The molecule has 3 rings (SSSR count). The third kappa shape index (κ3) is 3.88. The lowest BCUT2D eigenvalue weighted by molar-refractivity contribution is -0.690. The maximum absolute atomic E-state index is 12.7. The van der Waals surface area contributed by atoms with Crippen molar-refractivity contribution in [2.24, 2.45) is 0 Å². The largest absolute Gasteiger partial charge is 0.497 e. The number of benzene rings is 2. The van der Waals surface area contributed by atoms with E-state index in [0.29, 0.717) is 29.5 Å². The zero-order chi connectivity index (χ0) is 19.4. The highest BCUT2D eigenvalue weighted by molar-refractivity contribution is 6.21. The molecule has 142 valence electrons. The molecule has 0 saturated carbocycles. The van der Waals surface area contributed by atoms with Gasteiger partial charge in [-0.2, -0.15) is 0 Å². The van der Waals surface area contributed by atoms with Gasteiger partial charge >= 0.3 is 0 Å². The number of carbonyl (C=O) groups excluding carboxylic acids is 2. The van der Waals surface area contributed by atoms with Gasteiger partial charge in [0.15, 0.2) is 17.5 Å². The van der Waals surface area contributed by atoms with Crippen LogP contribution in [0.2, 0.25) is 0 Å². The van der Waals surface area contributed by atoms with Crippen molar-refractivity contribution in [3.05, 3.63) is 48.0 Å². The van der Waals surface area contributed by atoms with Gasteiger partial charge in [0, 0.05) is 5.56 Å². The summed E-state index contributed by atoms with van der Waals surface area (Å²) in [7, 11) is 4.73. The number of rotatable bonds is 7. The van der Waals surface area contributed by atoms with Gasteiger partial charge in [-0.05, 0) is 42.5 Å². The molecule has 7 heteroatoms. The van der Waals surface area contributed by atoms with Crippen LogP contribution in [0.3, 0.4) is 0 Å². The second-order valence-corrected chi connectivity index (χ2v) is 6.21. The van der Waals surface area contributed by atoms with Crippen LogP contribution in [0.25, 0.3) is 0 Å². The average Bonchev–Trinajstić information content (AvgIpc) is 2.99. The van der Waals surface area contributed by atoms with Crippen molar-refractivity contribution >= 4 is 17.5 Å². The quantitative estimate of drug-likeness (QED) is 0.738. The van der Waals surface area contributed by atoms with Crippen LogP contribution in [0.15, 0.2) is 42.5 Å². The van der Waals surface area contributed by atoms with E-state index in [1.807, 2.05) is 23.5 Å². The van der Waals surface area contributed by atoms with Gasteiger partial charge in [-0.15, -0.1) is 0 Å². The number of quaternary nitrogens is 1. The highest BCUT2D eigenvalue weighted by atomic mass is 16.5. The Balaban J connectivity index is 1.68. The Labute approximate surface area is 157 Å². The van der Waals surface area contributed by atoms with Gasteiger partial charge in [0.25, 0.3) is 5.91 Å². The molecule has 2 amide bonds. The van der Waals surface area contributed by atoms with E-state index in [4.69, 9.17) is 14.2 Å². The molecule has 2 aromatic rings. The zero-order valence-electron chi connectivity index (χ0n) is 15.6. The molecule has 0 unspecified atom stereocenters. The Morgan fingerprint density at radius 1 is 0.963 bits per heavy atom. The van der Waals surface area contributed by atoms with Crippen molar-refractivity contribution in [1.29, 1.82) is 0 Å². The molecule has 1 fully saturated rings. The molecule has 27 heavy (non-hydrogen) atoms. The lowest BCUT2D eigenvalue weighted by Crippen LogP contribution is -2.90. The first kappa shape index (κ1) is 18.7. The average molecular weight is 371 g/mol. The summed E-state index contributed by atoms with van der Waals surface area (Å²) < 4.78 is 15.6. The Morgan fingerprint density at radius 3 is 2.30 bits per heavy atom. The normalized spacial score (nSPS) is 16.6. The van der Waals surface area contributed by atoms with Gasteiger partial charge in [-0.25, -0.2) is 4.90 Å². The number of hydrogen-bond acceptors (Lipinski definition) is 5. The summed E-state index contributed by atoms with van der Waals surface area (Å²) in [6.45, 7) is 0.556. The third-order valence-corrected chi connectivity index (χ3v) is 4.60. The molecule has 1 heterocycles. The highest BCUT2D eigenvalue weighted by Gasteiger charge is 2.42. The van der Waals surface area contributed by atoms with Crippen LogP contribution in [0, 0.1) is 0 Å². The topological polar surface area (TPSA) is 81.7 Å². The first-order chi connectivity index (χ1) is 13.1. The fraction of sp³-hybridized carbons (Fsp3) is 0.300.